The molecule has 12 nitrogen and oxygen atoms in total. The molecular weight excluding hydrogens is 589 g/mol. The van der Waals surface area contributed by atoms with Crippen LogP contribution in [0.15, 0.2) is 26.8 Å². The van der Waals surface area contributed by atoms with E-state index in [9.17, 15) is 23.3 Å². The van der Waals surface area contributed by atoms with Crippen LogP contribution in [0.4, 0.5) is 10.1 Å². The second-order valence-electron chi connectivity index (χ2n) is 6.96. The average molecular weight is 613 g/mol. The molecule has 0 radical (unpaired) electrons. The van der Waals surface area contributed by atoms with E-state index in [0.717, 1.165) is 42.0 Å². The fraction of sp³-hybridized carbons (Fsp3) is 0.444. The molecular formula is C18H24ClFKN4O8PS2. The van der Waals surface area contributed by atoms with Gasteiger partial charge in [0.25, 0.3) is 0 Å². The minimum absolute atomic E-state index is 0. The van der Waals surface area contributed by atoms with E-state index in [1.165, 1.54) is 13.2 Å². The molecule has 0 aliphatic carbocycles. The summed E-state index contributed by atoms with van der Waals surface area (Å²) >= 11 is 8.17. The van der Waals surface area contributed by atoms with Gasteiger partial charge >= 0.3 is 75.8 Å². The quantitative estimate of drug-likeness (QED) is 0.145. The maximum atomic E-state index is 14.3. The van der Waals surface area contributed by atoms with Crippen LogP contribution in [0.1, 0.15) is 12.8 Å². The summed E-state index contributed by atoms with van der Waals surface area (Å²) < 4.78 is 32.3. The van der Waals surface area contributed by atoms with Crippen LogP contribution in [0.3, 0.4) is 0 Å². The summed E-state index contributed by atoms with van der Waals surface area (Å²) in [6.45, 7) is 0.885. The number of carboxylic acid groups (broad SMARTS) is 1. The first-order valence-corrected chi connectivity index (χ1v) is 13.9. The summed E-state index contributed by atoms with van der Waals surface area (Å²) in [4.78, 5) is 54.6. The molecule has 2 aromatic rings. The number of rotatable bonds is 8. The number of carbonyl (C=O) groups is 2. The topological polar surface area (TPSA) is 172 Å². The SMILES string of the molecule is COC(=O)CSc1cc(/N=c2\sc(=O)n3n2CCCC3)c(F)cc1Cl.O=C(O)CNCP(=O)(O)O.[KH]. The van der Waals surface area contributed by atoms with Crippen LogP contribution < -0.4 is 15.0 Å². The molecule has 0 bridgehead atoms. The van der Waals surface area contributed by atoms with Gasteiger partial charge in [-0.15, -0.1) is 11.8 Å². The van der Waals surface area contributed by atoms with Gasteiger partial charge in [0.2, 0.25) is 4.80 Å². The molecule has 0 spiro atoms. The van der Waals surface area contributed by atoms with Crippen LogP contribution in [-0.4, -0.2) is 113 Å². The Morgan fingerprint density at radius 1 is 1.31 bits per heavy atom. The number of halogens is 2. The molecule has 2 heterocycles. The van der Waals surface area contributed by atoms with Gasteiger partial charge in [0.1, 0.15) is 11.5 Å². The standard InChI is InChI=1S/C15H15ClFN3O3S2.C3H8NO5P.K.H/c1-23-13(21)8-24-12-7-11(10(17)6-9(12)16)18-14-19-4-2-3-5-20(19)15(22)25-14;5-3(6)1-4-2-10(7,8)9;;/h6-7H,2-5,8H2,1H3;4H,1-2H2,(H,5,6)(H2,7,8,9);;/b18-14-;;;. The first-order chi connectivity index (χ1) is 16.4. The van der Waals surface area contributed by atoms with Gasteiger partial charge in [0, 0.05) is 18.0 Å². The van der Waals surface area contributed by atoms with Crippen LogP contribution >= 0.6 is 42.3 Å². The van der Waals surface area contributed by atoms with Gasteiger partial charge in [-0.3, -0.25) is 28.9 Å². The predicted octanol–water partition coefficient (Wildman–Crippen LogP) is 0.942. The van der Waals surface area contributed by atoms with E-state index in [1.807, 2.05) is 0 Å². The fourth-order valence-corrected chi connectivity index (χ4v) is 5.13. The van der Waals surface area contributed by atoms with Gasteiger partial charge in [-0.1, -0.05) is 11.6 Å². The number of benzene rings is 1. The van der Waals surface area contributed by atoms with Crippen molar-refractivity contribution in [1.82, 2.24) is 14.7 Å². The van der Waals surface area contributed by atoms with Crippen LogP contribution in [0.25, 0.3) is 0 Å². The Kier molecular flexibility index (Phi) is 14.9. The Labute approximate surface area is 260 Å². The molecule has 0 atom stereocenters. The minimum atomic E-state index is -4.10. The van der Waals surface area contributed by atoms with E-state index in [0.29, 0.717) is 22.8 Å². The molecule has 1 aromatic carbocycles. The molecule has 4 N–H and O–H groups in total. The summed E-state index contributed by atoms with van der Waals surface area (Å²) in [5.74, 6) is -2.07. The Hall–Kier alpha value is -0.364. The van der Waals surface area contributed by atoms with Gasteiger partial charge in [-0.2, -0.15) is 0 Å². The molecule has 18 heteroatoms. The van der Waals surface area contributed by atoms with E-state index in [4.69, 9.17) is 26.5 Å². The van der Waals surface area contributed by atoms with Crippen molar-refractivity contribution >= 4 is 111 Å². The number of esters is 1. The number of aromatic nitrogens is 2. The van der Waals surface area contributed by atoms with Crippen molar-refractivity contribution < 1.29 is 38.2 Å². The molecule has 196 valence electrons. The predicted molar refractivity (Wildman–Crippen MR) is 135 cm³/mol. The molecule has 0 saturated heterocycles. The number of carboxylic acids is 1. The van der Waals surface area contributed by atoms with Crippen molar-refractivity contribution in [3.8, 4) is 0 Å². The third kappa shape index (κ3) is 11.2. The van der Waals surface area contributed by atoms with E-state index < -0.39 is 38.2 Å². The van der Waals surface area contributed by atoms with Crippen molar-refractivity contribution in [2.75, 3.05) is 25.7 Å². The second-order valence-corrected chi connectivity index (χ2v) is 10.9. The number of thioether (sulfide) groups is 1. The zero-order valence-electron chi connectivity index (χ0n) is 18.3. The normalized spacial score (nSPS) is 13.2. The summed E-state index contributed by atoms with van der Waals surface area (Å²) in [5, 5.41) is 10.3. The number of fused-ring (bicyclic) bond motifs is 1. The molecule has 1 aliphatic heterocycles. The third-order valence-electron chi connectivity index (χ3n) is 4.28. The van der Waals surface area contributed by atoms with Crippen molar-refractivity contribution in [2.45, 2.75) is 30.8 Å². The zero-order valence-corrected chi connectivity index (χ0v) is 21.6. The molecule has 36 heavy (non-hydrogen) atoms. The summed E-state index contributed by atoms with van der Waals surface area (Å²) in [6, 6.07) is 2.64. The Bertz CT molecular complexity index is 1250. The van der Waals surface area contributed by atoms with Crippen molar-refractivity contribution in [1.29, 1.82) is 0 Å². The number of hydrogen-bond donors (Lipinski definition) is 4. The van der Waals surface area contributed by atoms with E-state index >= 15 is 0 Å². The first-order valence-electron chi connectivity index (χ1n) is 9.92. The van der Waals surface area contributed by atoms with Gasteiger partial charge in [0.05, 0.1) is 30.7 Å². The van der Waals surface area contributed by atoms with Crippen LogP contribution in [0.2, 0.25) is 5.02 Å². The number of nitrogens with one attached hydrogen (secondary N) is 1. The van der Waals surface area contributed by atoms with Gasteiger partial charge in [-0.05, 0) is 36.3 Å². The number of methoxy groups -OCH3 is 1. The van der Waals surface area contributed by atoms with Gasteiger partial charge < -0.3 is 19.6 Å². The van der Waals surface area contributed by atoms with Crippen LogP contribution in [-0.2, 0) is 32.0 Å². The number of hydrogen-bond acceptors (Lipinski definition) is 9. The molecule has 1 aromatic heterocycles. The number of ether oxygens (including phenoxy) is 1. The van der Waals surface area contributed by atoms with E-state index in [-0.39, 0.29) is 72.7 Å². The Morgan fingerprint density at radius 2 is 1.94 bits per heavy atom. The van der Waals surface area contributed by atoms with Crippen molar-refractivity contribution in [2.24, 2.45) is 4.99 Å². The third-order valence-corrected chi connectivity index (χ3v) is 7.24. The van der Waals surface area contributed by atoms with E-state index in [2.05, 4.69) is 15.0 Å². The molecule has 0 amide bonds. The Balaban J connectivity index is 0.000000504. The van der Waals surface area contributed by atoms with Crippen LogP contribution in [0, 0.1) is 5.82 Å². The van der Waals surface area contributed by atoms with Crippen LogP contribution in [0.5, 0.6) is 0 Å². The maximum absolute atomic E-state index is 14.3. The molecule has 0 saturated carbocycles. The Morgan fingerprint density at radius 3 is 2.53 bits per heavy atom. The molecule has 0 unspecified atom stereocenters. The van der Waals surface area contributed by atoms with Gasteiger partial charge in [-0.25, -0.2) is 14.1 Å². The molecule has 0 fully saturated rings. The van der Waals surface area contributed by atoms with Crippen molar-refractivity contribution in [3.05, 3.63) is 37.4 Å². The number of carbonyl (C=O) groups excluding carboxylic acids is 1. The summed E-state index contributed by atoms with van der Waals surface area (Å²) in [7, 11) is -2.80. The van der Waals surface area contributed by atoms with E-state index in [1.54, 1.807) is 9.36 Å². The summed E-state index contributed by atoms with van der Waals surface area (Å²) in [5.41, 5.74) is 0.0829. The number of nitrogens with zero attached hydrogens (tertiary/aromatic N) is 3. The van der Waals surface area contributed by atoms with Gasteiger partial charge in [0.15, 0.2) is 0 Å². The first kappa shape index (κ1) is 33.7. The number of aliphatic carboxylic acids is 1. The fourth-order valence-electron chi connectivity index (χ4n) is 2.74. The second kappa shape index (κ2) is 15.9. The monoisotopic (exact) mass is 612 g/mol. The summed E-state index contributed by atoms with van der Waals surface area (Å²) in [6.07, 6.45) is 1.30. The van der Waals surface area contributed by atoms with Crippen molar-refractivity contribution in [3.63, 3.8) is 0 Å². The molecule has 3 rings (SSSR count). The molecule has 1 aliphatic rings. The zero-order chi connectivity index (χ0) is 26.2. The average Bonchev–Trinajstić information content (AvgIpc) is 3.09.